The third kappa shape index (κ3) is 1.56. The van der Waals surface area contributed by atoms with Gasteiger partial charge in [-0.05, 0) is 18.6 Å². The number of hydrogen-bond donors (Lipinski definition) is 2. The first-order valence-electron chi connectivity index (χ1n) is 5.06. The van der Waals surface area contributed by atoms with Gasteiger partial charge in [0.1, 0.15) is 11.3 Å². The summed E-state index contributed by atoms with van der Waals surface area (Å²) in [6.07, 6.45) is 0.900. The molecule has 0 spiro atoms. The Morgan fingerprint density at radius 3 is 2.71 bits per heavy atom. The number of carbonyl (C=O) groups excluding carboxylic acids is 1. The molecule has 1 aromatic carbocycles. The van der Waals surface area contributed by atoms with Crippen molar-refractivity contribution in [3.63, 3.8) is 0 Å². The number of aldehydes is 1. The molecule has 5 heteroatoms. The van der Waals surface area contributed by atoms with Crippen molar-refractivity contribution in [2.75, 3.05) is 0 Å². The Morgan fingerprint density at radius 1 is 1.47 bits per heavy atom. The highest BCUT2D eigenvalue weighted by Gasteiger charge is 2.22. The van der Waals surface area contributed by atoms with E-state index in [0.29, 0.717) is 29.2 Å². The highest BCUT2D eigenvalue weighted by Crippen LogP contribution is 2.33. The van der Waals surface area contributed by atoms with E-state index < -0.39 is 5.97 Å². The number of aromatic hydroxyl groups is 1. The molecular weight excluding hydrogens is 224 g/mol. The monoisotopic (exact) mass is 234 g/mol. The summed E-state index contributed by atoms with van der Waals surface area (Å²) >= 11 is 0. The van der Waals surface area contributed by atoms with E-state index in [9.17, 15) is 14.7 Å². The molecule has 2 rings (SSSR count). The largest absolute Gasteiger partial charge is 0.507 e. The molecular formula is C12H10O5. The van der Waals surface area contributed by atoms with Crippen molar-refractivity contribution < 1.29 is 24.2 Å². The van der Waals surface area contributed by atoms with Crippen LogP contribution >= 0.6 is 0 Å². The summed E-state index contributed by atoms with van der Waals surface area (Å²) in [6.45, 7) is 1.76. The average Bonchev–Trinajstić information content (AvgIpc) is 2.67. The molecule has 0 aliphatic rings. The molecule has 0 fully saturated rings. The minimum absolute atomic E-state index is 0.0654. The van der Waals surface area contributed by atoms with Crippen molar-refractivity contribution in [1.29, 1.82) is 0 Å². The lowest BCUT2D eigenvalue weighted by molar-refractivity contribution is 0.0663. The predicted molar refractivity (Wildman–Crippen MR) is 59.6 cm³/mol. The summed E-state index contributed by atoms with van der Waals surface area (Å²) in [5.74, 6) is -1.55. The molecule has 88 valence electrons. The van der Waals surface area contributed by atoms with E-state index in [1.54, 1.807) is 6.92 Å². The predicted octanol–water partition coefficient (Wildman–Crippen LogP) is 2.21. The van der Waals surface area contributed by atoms with E-state index in [1.165, 1.54) is 12.1 Å². The van der Waals surface area contributed by atoms with Crippen LogP contribution in [0, 0.1) is 0 Å². The lowest BCUT2D eigenvalue weighted by Gasteiger charge is -1.99. The average molecular weight is 234 g/mol. The van der Waals surface area contributed by atoms with Gasteiger partial charge in [0.15, 0.2) is 6.29 Å². The molecule has 2 N–H and O–H groups in total. The molecule has 0 aliphatic carbocycles. The number of aromatic carboxylic acids is 1. The summed E-state index contributed by atoms with van der Waals surface area (Å²) in [5, 5.41) is 18.9. The van der Waals surface area contributed by atoms with Crippen molar-refractivity contribution in [1.82, 2.24) is 0 Å². The summed E-state index contributed by atoms with van der Waals surface area (Å²) in [4.78, 5) is 21.9. The lowest BCUT2D eigenvalue weighted by atomic mass is 10.0. The number of aryl methyl sites for hydroxylation is 1. The van der Waals surface area contributed by atoms with Crippen LogP contribution in [0.1, 0.15) is 33.4 Å². The number of furan rings is 1. The van der Waals surface area contributed by atoms with Crippen LogP contribution in [0.25, 0.3) is 11.0 Å². The van der Waals surface area contributed by atoms with Gasteiger partial charge in [0, 0.05) is 10.9 Å². The fourth-order valence-electron chi connectivity index (χ4n) is 1.90. The van der Waals surface area contributed by atoms with Crippen LogP contribution in [0.4, 0.5) is 0 Å². The molecule has 0 amide bonds. The smallest absolute Gasteiger partial charge is 0.372 e. The summed E-state index contributed by atoms with van der Waals surface area (Å²) in [7, 11) is 0. The molecule has 0 saturated heterocycles. The van der Waals surface area contributed by atoms with Gasteiger partial charge >= 0.3 is 5.97 Å². The van der Waals surface area contributed by atoms with Gasteiger partial charge in [-0.3, -0.25) is 4.79 Å². The number of carbonyl (C=O) groups is 2. The van der Waals surface area contributed by atoms with Gasteiger partial charge in [-0.2, -0.15) is 0 Å². The number of phenolic OH excluding ortho intramolecular Hbond substituents is 1. The van der Waals surface area contributed by atoms with E-state index >= 15 is 0 Å². The van der Waals surface area contributed by atoms with Crippen molar-refractivity contribution in [3.8, 4) is 5.75 Å². The zero-order valence-corrected chi connectivity index (χ0v) is 9.06. The zero-order chi connectivity index (χ0) is 12.6. The Hall–Kier alpha value is -2.30. The molecule has 17 heavy (non-hydrogen) atoms. The number of carboxylic acids is 1. The van der Waals surface area contributed by atoms with Crippen LogP contribution in [0.15, 0.2) is 16.5 Å². The maximum atomic E-state index is 11.0. The van der Waals surface area contributed by atoms with Crippen LogP contribution in [0.3, 0.4) is 0 Å². The zero-order valence-electron chi connectivity index (χ0n) is 9.06. The van der Waals surface area contributed by atoms with Gasteiger partial charge in [-0.1, -0.05) is 6.92 Å². The lowest BCUT2D eigenvalue weighted by Crippen LogP contribution is -1.98. The number of fused-ring (bicyclic) bond motifs is 1. The van der Waals surface area contributed by atoms with Gasteiger partial charge in [0.05, 0.1) is 5.56 Å². The van der Waals surface area contributed by atoms with Crippen LogP contribution in [-0.2, 0) is 6.42 Å². The quantitative estimate of drug-likeness (QED) is 0.795. The van der Waals surface area contributed by atoms with Gasteiger partial charge < -0.3 is 14.6 Å². The van der Waals surface area contributed by atoms with Gasteiger partial charge in [0.25, 0.3) is 0 Å². The highest BCUT2D eigenvalue weighted by atomic mass is 16.4. The number of benzene rings is 1. The summed E-state index contributed by atoms with van der Waals surface area (Å²) in [6, 6.07) is 2.75. The summed E-state index contributed by atoms with van der Waals surface area (Å²) in [5.41, 5.74) is 0.778. The van der Waals surface area contributed by atoms with E-state index in [-0.39, 0.29) is 17.1 Å². The summed E-state index contributed by atoms with van der Waals surface area (Å²) < 4.78 is 5.18. The Morgan fingerprint density at radius 2 is 2.18 bits per heavy atom. The molecule has 0 unspecified atom stereocenters. The first kappa shape index (κ1) is 11.2. The molecule has 1 aromatic heterocycles. The minimum Gasteiger partial charge on any atom is -0.507 e. The van der Waals surface area contributed by atoms with Crippen molar-refractivity contribution in [2.45, 2.75) is 13.3 Å². The number of carboxylic acid groups (broad SMARTS) is 1. The molecule has 0 saturated carbocycles. The van der Waals surface area contributed by atoms with Crippen molar-refractivity contribution in [2.24, 2.45) is 0 Å². The second kappa shape index (κ2) is 3.93. The molecule has 0 radical (unpaired) electrons. The fraction of sp³-hybridized carbons (Fsp3) is 0.167. The Balaban J connectivity index is 2.93. The second-order valence-electron chi connectivity index (χ2n) is 3.56. The van der Waals surface area contributed by atoms with E-state index in [1.807, 2.05) is 0 Å². The Kier molecular flexibility index (Phi) is 2.59. The molecule has 2 aromatic rings. The third-order valence-electron chi connectivity index (χ3n) is 2.64. The number of hydrogen-bond acceptors (Lipinski definition) is 4. The third-order valence-corrected chi connectivity index (χ3v) is 2.64. The maximum absolute atomic E-state index is 11.0. The number of rotatable bonds is 3. The van der Waals surface area contributed by atoms with Gasteiger partial charge in [0.2, 0.25) is 5.76 Å². The van der Waals surface area contributed by atoms with Crippen molar-refractivity contribution >= 4 is 23.2 Å². The first-order valence-corrected chi connectivity index (χ1v) is 5.06. The van der Waals surface area contributed by atoms with Gasteiger partial charge in [-0.15, -0.1) is 0 Å². The molecule has 1 heterocycles. The van der Waals surface area contributed by atoms with E-state index in [2.05, 4.69) is 0 Å². The molecule has 0 bridgehead atoms. The van der Waals surface area contributed by atoms with Crippen LogP contribution in [0.5, 0.6) is 5.75 Å². The molecule has 5 nitrogen and oxygen atoms in total. The van der Waals surface area contributed by atoms with Crippen LogP contribution in [0.2, 0.25) is 0 Å². The van der Waals surface area contributed by atoms with Crippen molar-refractivity contribution in [3.05, 3.63) is 29.0 Å². The molecule has 0 aliphatic heterocycles. The van der Waals surface area contributed by atoms with Crippen LogP contribution in [-0.4, -0.2) is 22.5 Å². The maximum Gasteiger partial charge on any atom is 0.372 e. The van der Waals surface area contributed by atoms with E-state index in [4.69, 9.17) is 9.52 Å². The standard InChI is InChI=1S/C12H10O5/c1-2-6-10-7(5-13)8(14)3-4-9(10)17-11(6)12(15)16/h3-5,14H,2H2,1H3,(H,15,16). The van der Waals surface area contributed by atoms with Gasteiger partial charge in [-0.25, -0.2) is 4.79 Å². The van der Waals surface area contributed by atoms with E-state index in [0.717, 1.165) is 0 Å². The fourth-order valence-corrected chi connectivity index (χ4v) is 1.90. The Bertz CT molecular complexity index is 609. The Labute approximate surface area is 96.3 Å². The molecule has 0 atom stereocenters. The normalized spacial score (nSPS) is 10.6. The number of phenols is 1. The highest BCUT2D eigenvalue weighted by molar-refractivity contribution is 6.04. The van der Waals surface area contributed by atoms with Crippen LogP contribution < -0.4 is 0 Å². The second-order valence-corrected chi connectivity index (χ2v) is 3.56. The topological polar surface area (TPSA) is 87.7 Å². The minimum atomic E-state index is -1.19. The SMILES string of the molecule is CCc1c(C(=O)O)oc2ccc(O)c(C=O)c12. The first-order chi connectivity index (χ1) is 8.10.